The summed E-state index contributed by atoms with van der Waals surface area (Å²) >= 11 is 0. The van der Waals surface area contributed by atoms with Crippen molar-refractivity contribution in [3.05, 3.63) is 73.3 Å². The highest BCUT2D eigenvalue weighted by Gasteiger charge is 2.24. The number of aromatic nitrogens is 2. The summed E-state index contributed by atoms with van der Waals surface area (Å²) in [4.78, 5) is 44.8. The quantitative estimate of drug-likeness (QED) is 0.562. The minimum atomic E-state index is -0.528. The highest BCUT2D eigenvalue weighted by molar-refractivity contribution is 6.10. The Labute approximate surface area is 179 Å². The number of amides is 3. The molecular formula is C22H23N5O4. The molecule has 0 saturated heterocycles. The monoisotopic (exact) mass is 421 g/mol. The number of anilines is 2. The first-order valence-electron chi connectivity index (χ1n) is 9.52. The number of nitrogens with zero attached hydrogens (tertiary/aromatic N) is 4. The van der Waals surface area contributed by atoms with E-state index in [1.807, 2.05) is 18.2 Å². The van der Waals surface area contributed by atoms with Gasteiger partial charge in [-0.15, -0.1) is 0 Å². The highest BCUT2D eigenvalue weighted by Crippen LogP contribution is 2.22. The van der Waals surface area contributed by atoms with E-state index in [1.54, 1.807) is 49.6 Å². The van der Waals surface area contributed by atoms with Gasteiger partial charge in [-0.05, 0) is 24.3 Å². The summed E-state index contributed by atoms with van der Waals surface area (Å²) in [7, 11) is 3.15. The summed E-state index contributed by atoms with van der Waals surface area (Å²) in [6.45, 7) is -0.240. The van der Waals surface area contributed by atoms with Gasteiger partial charge in [-0.3, -0.25) is 19.8 Å². The van der Waals surface area contributed by atoms with Crippen LogP contribution in [-0.2, 0) is 14.4 Å². The molecule has 0 aliphatic rings. The van der Waals surface area contributed by atoms with Crippen LogP contribution in [0.25, 0.3) is 0 Å². The second kappa shape index (κ2) is 10.1. The molecule has 9 heteroatoms. The molecule has 0 aliphatic carbocycles. The van der Waals surface area contributed by atoms with Gasteiger partial charge in [0.15, 0.2) is 0 Å². The number of carbonyl (C=O) groups is 3. The Bertz CT molecular complexity index is 1040. The van der Waals surface area contributed by atoms with Gasteiger partial charge in [0.2, 0.25) is 17.7 Å². The zero-order chi connectivity index (χ0) is 22.2. The molecule has 0 unspecified atom stereocenters. The lowest BCUT2D eigenvalue weighted by atomic mass is 10.2. The number of carbonyl (C=O) groups excluding carboxylic acids is 3. The Morgan fingerprint density at radius 2 is 1.77 bits per heavy atom. The molecule has 0 spiro atoms. The molecule has 9 nitrogen and oxygen atoms in total. The fourth-order valence-corrected chi connectivity index (χ4v) is 2.88. The lowest BCUT2D eigenvalue weighted by Gasteiger charge is -2.26. The van der Waals surface area contributed by atoms with Crippen LogP contribution in [-0.4, -0.2) is 48.1 Å². The van der Waals surface area contributed by atoms with Gasteiger partial charge in [-0.1, -0.05) is 24.3 Å². The summed E-state index contributed by atoms with van der Waals surface area (Å²) in [6.07, 6.45) is 4.00. The molecule has 160 valence electrons. The number of likely N-dealkylation sites (N-methyl/N-ethyl adjacent to an activating group) is 1. The molecule has 0 atom stereocenters. The minimum absolute atomic E-state index is 0.240. The standard InChI is InChI=1S/C22H23N5O4/c1-25(17-7-4-3-5-8-17)22(30)15-27(18-9-6-10-19(13-18)31-2)21(29)14-20(28)24-26-12-11-23-16-26/h3-13,16H,14-15H2,1-2H3,(H,24,28). The van der Waals surface area contributed by atoms with Crippen molar-refractivity contribution >= 4 is 29.1 Å². The van der Waals surface area contributed by atoms with Crippen LogP contribution in [0.3, 0.4) is 0 Å². The van der Waals surface area contributed by atoms with Gasteiger partial charge in [0, 0.05) is 36.9 Å². The number of methoxy groups -OCH3 is 1. The Morgan fingerprint density at radius 1 is 1.03 bits per heavy atom. The normalized spacial score (nSPS) is 10.3. The van der Waals surface area contributed by atoms with Crippen LogP contribution in [0.15, 0.2) is 73.3 Å². The van der Waals surface area contributed by atoms with Crippen molar-refractivity contribution in [3.8, 4) is 5.75 Å². The van der Waals surface area contributed by atoms with Gasteiger partial charge in [0.25, 0.3) is 0 Å². The summed E-state index contributed by atoms with van der Waals surface area (Å²) in [5.41, 5.74) is 3.68. The van der Waals surface area contributed by atoms with E-state index in [9.17, 15) is 14.4 Å². The molecular weight excluding hydrogens is 398 g/mol. The van der Waals surface area contributed by atoms with Crippen LogP contribution >= 0.6 is 0 Å². The van der Waals surface area contributed by atoms with Gasteiger partial charge in [-0.25, -0.2) is 9.66 Å². The molecule has 1 heterocycles. The van der Waals surface area contributed by atoms with E-state index in [4.69, 9.17) is 4.74 Å². The van der Waals surface area contributed by atoms with Crippen molar-refractivity contribution in [2.75, 3.05) is 35.9 Å². The van der Waals surface area contributed by atoms with Crippen molar-refractivity contribution in [3.63, 3.8) is 0 Å². The average Bonchev–Trinajstić information content (AvgIpc) is 3.30. The Kier molecular flexibility index (Phi) is 7.00. The number of imidazole rings is 1. The first-order chi connectivity index (χ1) is 15.0. The molecule has 3 aromatic rings. The third-order valence-electron chi connectivity index (χ3n) is 4.55. The molecule has 0 fully saturated rings. The number of ether oxygens (including phenoxy) is 1. The molecule has 0 bridgehead atoms. The number of hydrogen-bond donors (Lipinski definition) is 1. The van der Waals surface area contributed by atoms with Crippen molar-refractivity contribution in [1.29, 1.82) is 0 Å². The van der Waals surface area contributed by atoms with E-state index < -0.39 is 18.2 Å². The summed E-state index contributed by atoms with van der Waals surface area (Å²) in [6, 6.07) is 15.9. The highest BCUT2D eigenvalue weighted by atomic mass is 16.5. The van der Waals surface area contributed by atoms with E-state index in [2.05, 4.69) is 10.4 Å². The van der Waals surface area contributed by atoms with E-state index in [0.717, 1.165) is 0 Å². The Balaban J connectivity index is 1.79. The SMILES string of the molecule is COc1cccc(N(CC(=O)N(C)c2ccccc2)C(=O)CC(=O)Nn2ccnc2)c1. The maximum absolute atomic E-state index is 13.0. The molecule has 3 amide bonds. The zero-order valence-electron chi connectivity index (χ0n) is 17.3. The van der Waals surface area contributed by atoms with E-state index in [-0.39, 0.29) is 12.5 Å². The first-order valence-corrected chi connectivity index (χ1v) is 9.52. The smallest absolute Gasteiger partial charge is 0.248 e. The molecule has 1 aromatic heterocycles. The predicted molar refractivity (Wildman–Crippen MR) is 116 cm³/mol. The fourth-order valence-electron chi connectivity index (χ4n) is 2.88. The van der Waals surface area contributed by atoms with E-state index in [0.29, 0.717) is 17.1 Å². The molecule has 0 aliphatic heterocycles. The zero-order valence-corrected chi connectivity index (χ0v) is 17.3. The molecule has 0 radical (unpaired) electrons. The number of benzene rings is 2. The third kappa shape index (κ3) is 5.69. The average molecular weight is 421 g/mol. The molecule has 3 rings (SSSR count). The maximum Gasteiger partial charge on any atom is 0.248 e. The summed E-state index contributed by atoms with van der Waals surface area (Å²) < 4.78 is 6.58. The Hall–Kier alpha value is -4.14. The number of rotatable bonds is 8. The van der Waals surface area contributed by atoms with Crippen molar-refractivity contribution in [2.45, 2.75) is 6.42 Å². The van der Waals surface area contributed by atoms with Gasteiger partial charge < -0.3 is 14.5 Å². The topological polar surface area (TPSA) is 96.8 Å². The largest absolute Gasteiger partial charge is 0.497 e. The summed E-state index contributed by atoms with van der Waals surface area (Å²) in [5.74, 6) is -0.833. The van der Waals surface area contributed by atoms with Crippen LogP contribution in [0.5, 0.6) is 5.75 Å². The number of nitrogens with one attached hydrogen (secondary N) is 1. The first kappa shape index (κ1) is 21.6. The predicted octanol–water partition coefficient (Wildman–Crippen LogP) is 2.05. The maximum atomic E-state index is 13.0. The number of hydrogen-bond acceptors (Lipinski definition) is 5. The van der Waals surface area contributed by atoms with Gasteiger partial charge in [0.05, 0.1) is 7.11 Å². The van der Waals surface area contributed by atoms with Gasteiger partial charge in [0.1, 0.15) is 25.0 Å². The second-order valence-corrected chi connectivity index (χ2v) is 6.65. The third-order valence-corrected chi connectivity index (χ3v) is 4.55. The van der Waals surface area contributed by atoms with Crippen molar-refractivity contribution in [1.82, 2.24) is 9.66 Å². The van der Waals surface area contributed by atoms with Gasteiger partial charge in [-0.2, -0.15) is 0 Å². The lowest BCUT2D eigenvalue weighted by Crippen LogP contribution is -2.43. The Morgan fingerprint density at radius 3 is 2.45 bits per heavy atom. The molecule has 2 aromatic carbocycles. The van der Waals surface area contributed by atoms with Crippen molar-refractivity contribution in [2.24, 2.45) is 0 Å². The van der Waals surface area contributed by atoms with E-state index in [1.165, 1.54) is 34.1 Å². The number of para-hydroxylation sites is 1. The molecule has 1 N–H and O–H groups in total. The van der Waals surface area contributed by atoms with Crippen molar-refractivity contribution < 1.29 is 19.1 Å². The van der Waals surface area contributed by atoms with Crippen LogP contribution < -0.4 is 20.0 Å². The fraction of sp³-hybridized carbons (Fsp3) is 0.182. The van der Waals surface area contributed by atoms with Crippen LogP contribution in [0.1, 0.15) is 6.42 Å². The second-order valence-electron chi connectivity index (χ2n) is 6.65. The minimum Gasteiger partial charge on any atom is -0.497 e. The summed E-state index contributed by atoms with van der Waals surface area (Å²) in [5, 5.41) is 0. The van der Waals surface area contributed by atoms with Crippen LogP contribution in [0.4, 0.5) is 11.4 Å². The molecule has 31 heavy (non-hydrogen) atoms. The van der Waals surface area contributed by atoms with Gasteiger partial charge >= 0.3 is 0 Å². The lowest BCUT2D eigenvalue weighted by molar-refractivity contribution is -0.127. The van der Waals surface area contributed by atoms with Crippen LogP contribution in [0.2, 0.25) is 0 Å². The van der Waals surface area contributed by atoms with E-state index >= 15 is 0 Å². The van der Waals surface area contributed by atoms with Crippen LogP contribution in [0, 0.1) is 0 Å². The molecule has 0 saturated carbocycles.